The number of nitriles is 1. The number of hydrogen-bond acceptors (Lipinski definition) is 4. The lowest BCUT2D eigenvalue weighted by Gasteiger charge is -2.13. The molecule has 0 radical (unpaired) electrons. The SMILES string of the molecule is N#Cc1ccc(NCC(=O)NCC2(CO)CC2)cc1. The Morgan fingerprint density at radius 3 is 2.58 bits per heavy atom. The molecule has 1 aromatic rings. The summed E-state index contributed by atoms with van der Waals surface area (Å²) in [6.45, 7) is 0.862. The highest BCUT2D eigenvalue weighted by molar-refractivity contribution is 5.80. The van der Waals surface area contributed by atoms with Crippen molar-refractivity contribution in [3.8, 4) is 6.07 Å². The van der Waals surface area contributed by atoms with E-state index in [9.17, 15) is 4.79 Å². The molecule has 0 atom stereocenters. The Balaban J connectivity index is 1.72. The quantitative estimate of drug-likeness (QED) is 0.707. The van der Waals surface area contributed by atoms with Gasteiger partial charge < -0.3 is 15.7 Å². The Morgan fingerprint density at radius 2 is 2.05 bits per heavy atom. The van der Waals surface area contributed by atoms with Crippen LogP contribution >= 0.6 is 0 Å². The zero-order chi connectivity index (χ0) is 13.7. The van der Waals surface area contributed by atoms with Gasteiger partial charge in [-0.3, -0.25) is 4.79 Å². The maximum absolute atomic E-state index is 11.6. The van der Waals surface area contributed by atoms with E-state index < -0.39 is 0 Å². The van der Waals surface area contributed by atoms with Crippen molar-refractivity contribution in [1.82, 2.24) is 5.32 Å². The molecule has 5 heteroatoms. The number of carbonyl (C=O) groups excluding carboxylic acids is 1. The molecule has 1 fully saturated rings. The van der Waals surface area contributed by atoms with E-state index >= 15 is 0 Å². The molecule has 0 saturated heterocycles. The molecule has 0 aliphatic heterocycles. The summed E-state index contributed by atoms with van der Waals surface area (Å²) >= 11 is 0. The lowest BCUT2D eigenvalue weighted by molar-refractivity contribution is -0.119. The van der Waals surface area contributed by atoms with Crippen LogP contribution < -0.4 is 10.6 Å². The number of nitrogens with zero attached hydrogens (tertiary/aromatic N) is 1. The van der Waals surface area contributed by atoms with Crippen molar-refractivity contribution in [3.05, 3.63) is 29.8 Å². The van der Waals surface area contributed by atoms with Gasteiger partial charge in [-0.1, -0.05) is 0 Å². The summed E-state index contributed by atoms with van der Waals surface area (Å²) in [6.07, 6.45) is 1.96. The van der Waals surface area contributed by atoms with Crippen molar-refractivity contribution in [1.29, 1.82) is 5.26 Å². The molecular formula is C14H17N3O2. The minimum Gasteiger partial charge on any atom is -0.396 e. The molecule has 100 valence electrons. The topological polar surface area (TPSA) is 85.2 Å². The third-order valence-corrected chi connectivity index (χ3v) is 3.42. The van der Waals surface area contributed by atoms with Gasteiger partial charge in [-0.2, -0.15) is 5.26 Å². The van der Waals surface area contributed by atoms with Crippen LogP contribution in [-0.2, 0) is 4.79 Å². The van der Waals surface area contributed by atoms with Crippen LogP contribution in [0.2, 0.25) is 0 Å². The summed E-state index contributed by atoms with van der Waals surface area (Å²) in [7, 11) is 0. The minimum absolute atomic E-state index is 0.0654. The monoisotopic (exact) mass is 259 g/mol. The van der Waals surface area contributed by atoms with E-state index in [1.165, 1.54) is 0 Å². The van der Waals surface area contributed by atoms with E-state index in [1.54, 1.807) is 24.3 Å². The zero-order valence-electron chi connectivity index (χ0n) is 10.6. The summed E-state index contributed by atoms with van der Waals surface area (Å²) in [5, 5.41) is 23.6. The van der Waals surface area contributed by atoms with Crippen LogP contribution in [0.25, 0.3) is 0 Å². The number of aliphatic hydroxyl groups excluding tert-OH is 1. The van der Waals surface area contributed by atoms with Gasteiger partial charge in [0.05, 0.1) is 24.8 Å². The molecular weight excluding hydrogens is 242 g/mol. The highest BCUT2D eigenvalue weighted by atomic mass is 16.3. The summed E-state index contributed by atoms with van der Waals surface area (Å²) in [4.78, 5) is 11.6. The standard InChI is InChI=1S/C14H17N3O2/c15-7-11-1-3-12(4-2-11)16-8-13(19)17-9-14(10-18)5-6-14/h1-4,16,18H,5-6,8-10H2,(H,17,19). The Labute approximate surface area is 112 Å². The van der Waals surface area contributed by atoms with E-state index in [0.717, 1.165) is 18.5 Å². The van der Waals surface area contributed by atoms with Gasteiger partial charge in [0.2, 0.25) is 5.91 Å². The van der Waals surface area contributed by atoms with E-state index in [2.05, 4.69) is 10.6 Å². The van der Waals surface area contributed by atoms with Crippen LogP contribution in [0.4, 0.5) is 5.69 Å². The van der Waals surface area contributed by atoms with E-state index in [-0.39, 0.29) is 24.5 Å². The van der Waals surface area contributed by atoms with E-state index in [4.69, 9.17) is 10.4 Å². The number of rotatable bonds is 6. The van der Waals surface area contributed by atoms with E-state index in [0.29, 0.717) is 12.1 Å². The molecule has 0 bridgehead atoms. The first-order valence-corrected chi connectivity index (χ1v) is 6.29. The van der Waals surface area contributed by atoms with Gasteiger partial charge in [-0.05, 0) is 37.1 Å². The third-order valence-electron chi connectivity index (χ3n) is 3.42. The van der Waals surface area contributed by atoms with Crippen molar-refractivity contribution in [3.63, 3.8) is 0 Å². The first-order valence-electron chi connectivity index (χ1n) is 6.29. The van der Waals surface area contributed by atoms with Crippen molar-refractivity contribution in [2.75, 3.05) is 25.0 Å². The molecule has 0 unspecified atom stereocenters. The van der Waals surface area contributed by atoms with Gasteiger partial charge in [0.15, 0.2) is 0 Å². The highest BCUT2D eigenvalue weighted by Crippen LogP contribution is 2.44. The second-order valence-electron chi connectivity index (χ2n) is 4.98. The average Bonchev–Trinajstić information content (AvgIpc) is 3.24. The molecule has 1 saturated carbocycles. The molecule has 1 aliphatic carbocycles. The predicted octanol–water partition coefficient (Wildman–Crippen LogP) is 0.859. The summed E-state index contributed by atoms with van der Waals surface area (Å²) < 4.78 is 0. The third kappa shape index (κ3) is 3.70. The lowest BCUT2D eigenvalue weighted by Crippen LogP contribution is -2.35. The molecule has 19 heavy (non-hydrogen) atoms. The number of carbonyl (C=O) groups is 1. The Morgan fingerprint density at radius 1 is 1.37 bits per heavy atom. The summed E-state index contributed by atoms with van der Waals surface area (Å²) in [6, 6.07) is 8.97. The first-order chi connectivity index (χ1) is 9.17. The normalized spacial score (nSPS) is 15.4. The second-order valence-corrected chi connectivity index (χ2v) is 4.98. The molecule has 0 spiro atoms. The number of anilines is 1. The van der Waals surface area contributed by atoms with E-state index in [1.807, 2.05) is 6.07 Å². The van der Waals surface area contributed by atoms with Gasteiger partial charge in [0.25, 0.3) is 0 Å². The molecule has 2 rings (SSSR count). The average molecular weight is 259 g/mol. The van der Waals surface area contributed by atoms with Crippen molar-refractivity contribution in [2.24, 2.45) is 5.41 Å². The highest BCUT2D eigenvalue weighted by Gasteiger charge is 2.41. The van der Waals surface area contributed by atoms with Crippen LogP contribution in [-0.4, -0.2) is 30.7 Å². The molecule has 1 aromatic carbocycles. The molecule has 0 aromatic heterocycles. The fraction of sp³-hybridized carbons (Fsp3) is 0.429. The van der Waals surface area contributed by atoms with Crippen LogP contribution in [0.3, 0.4) is 0 Å². The van der Waals surface area contributed by atoms with Crippen LogP contribution in [0.5, 0.6) is 0 Å². The van der Waals surface area contributed by atoms with Gasteiger partial charge in [-0.25, -0.2) is 0 Å². The molecule has 1 aliphatic rings. The van der Waals surface area contributed by atoms with Crippen molar-refractivity contribution >= 4 is 11.6 Å². The molecule has 5 nitrogen and oxygen atoms in total. The number of benzene rings is 1. The molecule has 1 amide bonds. The fourth-order valence-electron chi connectivity index (χ4n) is 1.76. The second kappa shape index (κ2) is 5.72. The predicted molar refractivity (Wildman–Crippen MR) is 71.4 cm³/mol. The zero-order valence-corrected chi connectivity index (χ0v) is 10.6. The summed E-state index contributed by atoms with van der Waals surface area (Å²) in [5.74, 6) is -0.0934. The van der Waals surface area contributed by atoms with Gasteiger partial charge in [-0.15, -0.1) is 0 Å². The maximum Gasteiger partial charge on any atom is 0.239 e. The van der Waals surface area contributed by atoms with Gasteiger partial charge in [0, 0.05) is 17.6 Å². The Kier molecular flexibility index (Phi) is 4.03. The van der Waals surface area contributed by atoms with Crippen LogP contribution in [0.1, 0.15) is 18.4 Å². The fourth-order valence-corrected chi connectivity index (χ4v) is 1.76. The molecule has 3 N–H and O–H groups in total. The van der Waals surface area contributed by atoms with Gasteiger partial charge in [0.1, 0.15) is 0 Å². The van der Waals surface area contributed by atoms with Crippen LogP contribution in [0, 0.1) is 16.7 Å². The number of aliphatic hydroxyl groups is 1. The van der Waals surface area contributed by atoms with Crippen molar-refractivity contribution < 1.29 is 9.90 Å². The summed E-state index contributed by atoms with van der Waals surface area (Å²) in [5.41, 5.74) is 1.33. The maximum atomic E-state index is 11.6. The Hall–Kier alpha value is -2.06. The minimum atomic E-state index is -0.0934. The smallest absolute Gasteiger partial charge is 0.239 e. The largest absolute Gasteiger partial charge is 0.396 e. The van der Waals surface area contributed by atoms with Crippen LogP contribution in [0.15, 0.2) is 24.3 Å². The number of hydrogen-bond donors (Lipinski definition) is 3. The number of amides is 1. The molecule has 0 heterocycles. The van der Waals surface area contributed by atoms with Crippen molar-refractivity contribution in [2.45, 2.75) is 12.8 Å². The Bertz CT molecular complexity index is 486. The lowest BCUT2D eigenvalue weighted by atomic mass is 10.1. The first kappa shape index (κ1) is 13.4. The number of nitrogens with one attached hydrogen (secondary N) is 2. The van der Waals surface area contributed by atoms with Gasteiger partial charge >= 0.3 is 0 Å².